The average Bonchev–Trinajstić information content (AvgIpc) is 1.91. The molecule has 1 heterocycles. The molecule has 0 saturated carbocycles. The fourth-order valence-corrected chi connectivity index (χ4v) is 0.580. The standard InChI is InChI=1S/C5H7N3O/c9-4-8-5-1-6-3-7-2-5/h1,3-5H,2H2,(H,8,9). The number of aliphatic imine (C=N–C) groups is 2. The number of rotatable bonds is 2. The third kappa shape index (κ3) is 1.64. The average molecular weight is 125 g/mol. The van der Waals surface area contributed by atoms with Crippen molar-refractivity contribution in [3.05, 3.63) is 0 Å². The van der Waals surface area contributed by atoms with Crippen LogP contribution in [0.4, 0.5) is 0 Å². The SMILES string of the molecule is O=CNC1C=NC=NC1. The molecule has 1 unspecified atom stereocenters. The molecule has 0 spiro atoms. The Bertz CT molecular complexity index is 150. The summed E-state index contributed by atoms with van der Waals surface area (Å²) in [6.45, 7) is 0.599. The number of carbonyl (C=O) groups excluding carboxylic acids is 1. The van der Waals surface area contributed by atoms with Gasteiger partial charge >= 0.3 is 0 Å². The Morgan fingerprint density at radius 1 is 1.78 bits per heavy atom. The van der Waals surface area contributed by atoms with Gasteiger partial charge in [0.15, 0.2) is 0 Å². The van der Waals surface area contributed by atoms with Crippen LogP contribution in [-0.2, 0) is 4.79 Å². The minimum Gasteiger partial charge on any atom is -0.349 e. The van der Waals surface area contributed by atoms with Crippen LogP contribution in [0.25, 0.3) is 0 Å². The summed E-state index contributed by atoms with van der Waals surface area (Å²) in [7, 11) is 0. The normalized spacial score (nSPS) is 23.8. The second-order valence-corrected chi connectivity index (χ2v) is 1.67. The van der Waals surface area contributed by atoms with Crippen LogP contribution in [0.3, 0.4) is 0 Å². The lowest BCUT2D eigenvalue weighted by atomic mass is 10.3. The highest BCUT2D eigenvalue weighted by molar-refractivity contribution is 5.79. The summed E-state index contributed by atoms with van der Waals surface area (Å²) in [5.41, 5.74) is 0. The van der Waals surface area contributed by atoms with E-state index in [1.54, 1.807) is 6.21 Å². The molecule has 1 rings (SSSR count). The first-order valence-electron chi connectivity index (χ1n) is 2.65. The highest BCUT2D eigenvalue weighted by Crippen LogP contribution is 1.84. The van der Waals surface area contributed by atoms with Crippen molar-refractivity contribution < 1.29 is 4.79 Å². The summed E-state index contributed by atoms with van der Waals surface area (Å²) in [6, 6.07) is -0.00694. The molecule has 0 aromatic heterocycles. The molecule has 0 fully saturated rings. The molecule has 1 aliphatic heterocycles. The van der Waals surface area contributed by atoms with E-state index in [4.69, 9.17) is 0 Å². The summed E-state index contributed by atoms with van der Waals surface area (Å²) in [5, 5.41) is 2.54. The zero-order chi connectivity index (χ0) is 6.53. The van der Waals surface area contributed by atoms with Crippen molar-refractivity contribution in [2.45, 2.75) is 6.04 Å². The molecule has 0 radical (unpaired) electrons. The molecule has 0 bridgehead atoms. The molecule has 1 atom stereocenters. The van der Waals surface area contributed by atoms with Crippen molar-refractivity contribution in [3.8, 4) is 0 Å². The zero-order valence-electron chi connectivity index (χ0n) is 4.82. The monoisotopic (exact) mass is 125 g/mol. The van der Waals surface area contributed by atoms with E-state index in [1.807, 2.05) is 0 Å². The van der Waals surface area contributed by atoms with Crippen LogP contribution in [0, 0.1) is 0 Å². The molecule has 4 heteroatoms. The predicted octanol–water partition coefficient (Wildman–Crippen LogP) is -0.786. The van der Waals surface area contributed by atoms with Gasteiger partial charge in [-0.15, -0.1) is 0 Å². The zero-order valence-corrected chi connectivity index (χ0v) is 4.82. The van der Waals surface area contributed by atoms with E-state index in [0.29, 0.717) is 13.0 Å². The first-order chi connectivity index (χ1) is 4.43. The van der Waals surface area contributed by atoms with Crippen LogP contribution < -0.4 is 5.32 Å². The minimum absolute atomic E-state index is 0.00694. The van der Waals surface area contributed by atoms with Gasteiger partial charge in [0.05, 0.1) is 12.6 Å². The molecule has 0 saturated heterocycles. The summed E-state index contributed by atoms with van der Waals surface area (Å²) in [5.74, 6) is 0. The summed E-state index contributed by atoms with van der Waals surface area (Å²) in [4.78, 5) is 17.4. The molecule has 48 valence electrons. The highest BCUT2D eigenvalue weighted by Gasteiger charge is 2.02. The minimum atomic E-state index is -0.00694. The molecule has 1 aliphatic rings. The number of amides is 1. The number of carbonyl (C=O) groups is 1. The fourth-order valence-electron chi connectivity index (χ4n) is 0.580. The van der Waals surface area contributed by atoms with Gasteiger partial charge in [0.25, 0.3) is 0 Å². The lowest BCUT2D eigenvalue weighted by Gasteiger charge is -2.08. The van der Waals surface area contributed by atoms with Crippen molar-refractivity contribution in [2.75, 3.05) is 6.54 Å². The van der Waals surface area contributed by atoms with Crippen molar-refractivity contribution in [1.82, 2.24) is 5.32 Å². The maximum atomic E-state index is 9.85. The molecule has 0 aliphatic carbocycles. The first kappa shape index (κ1) is 5.94. The van der Waals surface area contributed by atoms with Crippen molar-refractivity contribution >= 4 is 19.0 Å². The lowest BCUT2D eigenvalue weighted by molar-refractivity contribution is -0.109. The Balaban J connectivity index is 2.36. The van der Waals surface area contributed by atoms with Crippen LogP contribution >= 0.6 is 0 Å². The summed E-state index contributed by atoms with van der Waals surface area (Å²) < 4.78 is 0. The van der Waals surface area contributed by atoms with Gasteiger partial charge in [-0.05, 0) is 0 Å². The Labute approximate surface area is 52.7 Å². The van der Waals surface area contributed by atoms with Crippen molar-refractivity contribution in [1.29, 1.82) is 0 Å². The number of hydrogen-bond donors (Lipinski definition) is 1. The van der Waals surface area contributed by atoms with E-state index in [-0.39, 0.29) is 6.04 Å². The first-order valence-corrected chi connectivity index (χ1v) is 2.65. The van der Waals surface area contributed by atoms with Gasteiger partial charge < -0.3 is 5.32 Å². The largest absolute Gasteiger partial charge is 0.349 e. The Hall–Kier alpha value is -1.19. The second-order valence-electron chi connectivity index (χ2n) is 1.67. The van der Waals surface area contributed by atoms with Gasteiger partial charge in [-0.25, -0.2) is 4.99 Å². The topological polar surface area (TPSA) is 53.8 Å². The molecule has 0 aromatic rings. The smallest absolute Gasteiger partial charge is 0.207 e. The van der Waals surface area contributed by atoms with Gasteiger partial charge in [-0.3, -0.25) is 9.79 Å². The third-order valence-corrected chi connectivity index (χ3v) is 0.999. The van der Waals surface area contributed by atoms with Crippen LogP contribution in [0.15, 0.2) is 9.98 Å². The Kier molecular flexibility index (Phi) is 1.95. The summed E-state index contributed by atoms with van der Waals surface area (Å²) in [6.07, 6.45) is 3.78. The third-order valence-electron chi connectivity index (χ3n) is 0.999. The number of nitrogens with one attached hydrogen (secondary N) is 1. The molecular weight excluding hydrogens is 118 g/mol. The maximum Gasteiger partial charge on any atom is 0.207 e. The summed E-state index contributed by atoms with van der Waals surface area (Å²) >= 11 is 0. The molecule has 1 N–H and O–H groups in total. The van der Waals surface area contributed by atoms with Gasteiger partial charge in [0.2, 0.25) is 6.41 Å². The van der Waals surface area contributed by atoms with E-state index >= 15 is 0 Å². The van der Waals surface area contributed by atoms with E-state index < -0.39 is 0 Å². The number of nitrogens with zero attached hydrogens (tertiary/aromatic N) is 2. The quantitative estimate of drug-likeness (QED) is 0.483. The number of hydrogen-bond acceptors (Lipinski definition) is 3. The molecule has 1 amide bonds. The Morgan fingerprint density at radius 2 is 2.67 bits per heavy atom. The van der Waals surface area contributed by atoms with Crippen molar-refractivity contribution in [3.63, 3.8) is 0 Å². The van der Waals surface area contributed by atoms with E-state index in [1.165, 1.54) is 6.34 Å². The predicted molar refractivity (Wildman–Crippen MR) is 34.8 cm³/mol. The fraction of sp³-hybridized carbons (Fsp3) is 0.400. The van der Waals surface area contributed by atoms with Crippen LogP contribution in [-0.4, -0.2) is 31.5 Å². The highest BCUT2D eigenvalue weighted by atomic mass is 16.1. The van der Waals surface area contributed by atoms with Crippen LogP contribution in [0.2, 0.25) is 0 Å². The lowest BCUT2D eigenvalue weighted by Crippen LogP contribution is -2.33. The van der Waals surface area contributed by atoms with E-state index in [2.05, 4.69) is 15.3 Å². The molecule has 0 aromatic carbocycles. The van der Waals surface area contributed by atoms with E-state index in [0.717, 1.165) is 0 Å². The van der Waals surface area contributed by atoms with Gasteiger partial charge in [0.1, 0.15) is 6.34 Å². The van der Waals surface area contributed by atoms with E-state index in [9.17, 15) is 4.79 Å². The van der Waals surface area contributed by atoms with Gasteiger partial charge in [-0.2, -0.15) is 0 Å². The van der Waals surface area contributed by atoms with Crippen LogP contribution in [0.1, 0.15) is 0 Å². The molecular formula is C5H7N3O. The molecule has 4 nitrogen and oxygen atoms in total. The van der Waals surface area contributed by atoms with Gasteiger partial charge in [-0.1, -0.05) is 0 Å². The van der Waals surface area contributed by atoms with Crippen LogP contribution in [0.5, 0.6) is 0 Å². The molecule has 9 heavy (non-hydrogen) atoms. The Morgan fingerprint density at radius 3 is 3.22 bits per heavy atom. The van der Waals surface area contributed by atoms with Gasteiger partial charge in [0, 0.05) is 6.21 Å². The van der Waals surface area contributed by atoms with Crippen molar-refractivity contribution in [2.24, 2.45) is 9.98 Å². The maximum absolute atomic E-state index is 9.85. The second kappa shape index (κ2) is 2.96.